The van der Waals surface area contributed by atoms with Gasteiger partial charge in [0.25, 0.3) is 0 Å². The Balaban J connectivity index is 1.49. The normalized spacial score (nSPS) is 25.2. The van der Waals surface area contributed by atoms with E-state index in [0.29, 0.717) is 17.5 Å². The molecule has 2 aromatic heterocycles. The minimum absolute atomic E-state index is 0.115. The lowest BCUT2D eigenvalue weighted by atomic mass is 9.62. The van der Waals surface area contributed by atoms with Crippen molar-refractivity contribution in [3.8, 4) is 0 Å². The number of aromatic nitrogens is 6. The van der Waals surface area contributed by atoms with Crippen LogP contribution in [-0.4, -0.2) is 41.0 Å². The highest BCUT2D eigenvalue weighted by molar-refractivity contribution is 5.75. The Labute approximate surface area is 290 Å². The van der Waals surface area contributed by atoms with Gasteiger partial charge in [0.15, 0.2) is 0 Å². The third kappa shape index (κ3) is 6.95. The molecule has 0 fully saturated rings. The van der Waals surface area contributed by atoms with Crippen LogP contribution in [0.15, 0.2) is 84.0 Å². The average Bonchev–Trinajstić information content (AvgIpc) is 3.65. The molecule has 2 aromatic carbocycles. The van der Waals surface area contributed by atoms with Gasteiger partial charge in [0.05, 0.1) is 0 Å². The number of aromatic amines is 2. The second kappa shape index (κ2) is 11.9. The number of fused-ring (bicyclic) bond motifs is 2. The van der Waals surface area contributed by atoms with Crippen LogP contribution in [0.3, 0.4) is 0 Å². The fourth-order valence-electron chi connectivity index (χ4n) is 8.81. The molecule has 0 spiro atoms. The molecule has 4 N–H and O–H groups in total. The van der Waals surface area contributed by atoms with E-state index in [2.05, 4.69) is 124 Å². The lowest BCUT2D eigenvalue weighted by Crippen LogP contribution is -2.42. The number of rotatable bonds is 8. The van der Waals surface area contributed by atoms with Crippen LogP contribution in [0.4, 0.5) is 0 Å². The zero-order valence-corrected chi connectivity index (χ0v) is 30.9. The Morgan fingerprint density at radius 2 is 0.939 bits per heavy atom. The van der Waals surface area contributed by atoms with Gasteiger partial charge < -0.3 is 10.2 Å². The number of H-pyrrole nitrogens is 2. The van der Waals surface area contributed by atoms with Crippen molar-refractivity contribution in [1.82, 2.24) is 30.8 Å². The minimum atomic E-state index is -1.35. The van der Waals surface area contributed by atoms with Gasteiger partial charge in [-0.2, -0.15) is 30.8 Å². The molecule has 0 radical (unpaired) electrons. The lowest BCUT2D eigenvalue weighted by molar-refractivity contribution is -0.00445. The highest BCUT2D eigenvalue weighted by Crippen LogP contribution is 2.51. The van der Waals surface area contributed by atoms with E-state index in [1.807, 2.05) is 48.6 Å². The average molecular weight is 663 g/mol. The quantitative estimate of drug-likeness (QED) is 0.149. The molecule has 49 heavy (non-hydrogen) atoms. The third-order valence-corrected chi connectivity index (χ3v) is 10.5. The molecule has 260 valence electrons. The summed E-state index contributed by atoms with van der Waals surface area (Å²) in [5, 5.41) is 48.2. The number of allylic oxidation sites excluding steroid dienone is 4. The second-order valence-electron chi connectivity index (χ2n) is 18.3. The van der Waals surface area contributed by atoms with Gasteiger partial charge in [-0.1, -0.05) is 106 Å². The third-order valence-electron chi connectivity index (χ3n) is 10.5. The summed E-state index contributed by atoms with van der Waals surface area (Å²) in [7, 11) is 0. The maximum atomic E-state index is 12.8. The molecule has 4 aromatic rings. The van der Waals surface area contributed by atoms with E-state index >= 15 is 0 Å². The maximum Gasteiger partial charge on any atom is 0.114 e. The minimum Gasteiger partial charge on any atom is -0.380 e. The zero-order valence-electron chi connectivity index (χ0n) is 30.9. The Kier molecular flexibility index (Phi) is 8.47. The Morgan fingerprint density at radius 1 is 0.571 bits per heavy atom. The van der Waals surface area contributed by atoms with E-state index in [4.69, 9.17) is 0 Å². The predicted molar refractivity (Wildman–Crippen MR) is 197 cm³/mol. The molecule has 8 nitrogen and oxygen atoms in total. The topological polar surface area (TPSA) is 124 Å². The number of hydrogen-bond donors (Lipinski definition) is 4. The van der Waals surface area contributed by atoms with Crippen LogP contribution in [0.5, 0.6) is 0 Å². The summed E-state index contributed by atoms with van der Waals surface area (Å²) in [5.74, 6) is -0.726. The summed E-state index contributed by atoms with van der Waals surface area (Å²) in [5.41, 5.74) is 4.02. The lowest BCUT2D eigenvalue weighted by Gasteiger charge is -2.45. The summed E-state index contributed by atoms with van der Waals surface area (Å²) < 4.78 is 0. The van der Waals surface area contributed by atoms with E-state index in [9.17, 15) is 10.2 Å². The highest BCUT2D eigenvalue weighted by atomic mass is 16.3. The molecule has 4 unspecified atom stereocenters. The molecule has 8 heteroatoms. The molecule has 0 saturated heterocycles. The van der Waals surface area contributed by atoms with Crippen molar-refractivity contribution in [3.63, 3.8) is 0 Å². The van der Waals surface area contributed by atoms with Crippen LogP contribution >= 0.6 is 0 Å². The van der Waals surface area contributed by atoms with Crippen LogP contribution in [0.2, 0.25) is 0 Å². The molecule has 2 heterocycles. The second-order valence-corrected chi connectivity index (χ2v) is 18.3. The van der Waals surface area contributed by atoms with Gasteiger partial charge >= 0.3 is 0 Å². The first-order valence-corrected chi connectivity index (χ1v) is 17.6. The summed E-state index contributed by atoms with van der Waals surface area (Å²) in [6.45, 7) is 22.8. The van der Waals surface area contributed by atoms with E-state index in [1.165, 1.54) is 11.1 Å². The molecule has 0 saturated carbocycles. The van der Waals surface area contributed by atoms with Gasteiger partial charge in [-0.25, -0.2) is 0 Å². The number of nitrogens with one attached hydrogen (secondary N) is 2. The Morgan fingerprint density at radius 3 is 1.31 bits per heavy atom. The van der Waals surface area contributed by atoms with E-state index in [-0.39, 0.29) is 33.5 Å². The molecule has 0 amide bonds. The fraction of sp³-hybridized carbons (Fsp3) is 0.512. The van der Waals surface area contributed by atoms with Gasteiger partial charge in [-0.3, -0.25) is 0 Å². The molecule has 0 bridgehead atoms. The summed E-state index contributed by atoms with van der Waals surface area (Å²) >= 11 is 0. The van der Waals surface area contributed by atoms with E-state index < -0.39 is 11.2 Å². The molecular formula is C41H54N6O2. The SMILES string of the molecule is CC(C)(C)CC(C)(C)C1=CC(CC2C=C(C(C)(C)CC(C)(C)C)C=CC2(O)c2ccc3n[nH]nc3c2)C(O)(c2ccc3n[nH]nc3c2)C=C1. The first-order valence-electron chi connectivity index (χ1n) is 17.6. The highest BCUT2D eigenvalue weighted by Gasteiger charge is 2.46. The van der Waals surface area contributed by atoms with Crippen molar-refractivity contribution >= 4 is 22.1 Å². The Bertz CT molecular complexity index is 1840. The molecule has 4 atom stereocenters. The van der Waals surface area contributed by atoms with E-state index in [1.54, 1.807) is 0 Å². The van der Waals surface area contributed by atoms with Gasteiger partial charge in [-0.05, 0) is 99.6 Å². The molecule has 0 aliphatic heterocycles. The van der Waals surface area contributed by atoms with Crippen molar-refractivity contribution in [2.24, 2.45) is 33.5 Å². The van der Waals surface area contributed by atoms with Crippen molar-refractivity contribution in [2.45, 2.75) is 99.7 Å². The van der Waals surface area contributed by atoms with Crippen LogP contribution < -0.4 is 0 Å². The predicted octanol–water partition coefficient (Wildman–Crippen LogP) is 8.84. The molecule has 6 rings (SSSR count). The van der Waals surface area contributed by atoms with Crippen molar-refractivity contribution in [3.05, 3.63) is 95.1 Å². The molecular weight excluding hydrogens is 608 g/mol. The Hall–Kier alpha value is -3.88. The van der Waals surface area contributed by atoms with Crippen molar-refractivity contribution in [1.29, 1.82) is 0 Å². The monoisotopic (exact) mass is 662 g/mol. The number of nitrogens with zero attached hydrogens (tertiary/aromatic N) is 4. The van der Waals surface area contributed by atoms with Crippen LogP contribution in [-0.2, 0) is 11.2 Å². The van der Waals surface area contributed by atoms with Crippen LogP contribution in [0.25, 0.3) is 22.1 Å². The number of aliphatic hydroxyl groups is 2. The number of hydrogen-bond acceptors (Lipinski definition) is 6. The standard InChI is InChI=1S/C41H54N6O2/c1-36(2,3)24-38(7,8)26-15-17-40(48,28-11-13-32-34(22-28)44-46-42-32)30(19-26)21-31-20-27(39(9,10)25-37(4,5)6)16-18-41(31,49)29-12-14-33-35(23-29)45-47-43-33/h11-20,22-23,30-31,48-49H,21,24-25H2,1-10H3,(H,42,44,46)(H,43,45,47). The van der Waals surface area contributed by atoms with Crippen LogP contribution in [0.1, 0.15) is 99.6 Å². The van der Waals surface area contributed by atoms with Gasteiger partial charge in [0.2, 0.25) is 0 Å². The first-order chi connectivity index (χ1) is 22.7. The molecule has 2 aliphatic rings. The van der Waals surface area contributed by atoms with Gasteiger partial charge in [-0.15, -0.1) is 0 Å². The largest absolute Gasteiger partial charge is 0.380 e. The zero-order chi connectivity index (χ0) is 35.6. The van der Waals surface area contributed by atoms with E-state index in [0.717, 1.165) is 35.0 Å². The van der Waals surface area contributed by atoms with Crippen molar-refractivity contribution < 1.29 is 10.2 Å². The van der Waals surface area contributed by atoms with Crippen molar-refractivity contribution in [2.75, 3.05) is 0 Å². The summed E-state index contributed by atoms with van der Waals surface area (Å²) in [6, 6.07) is 11.5. The summed E-state index contributed by atoms with van der Waals surface area (Å²) in [6.07, 6.45) is 15.1. The van der Waals surface area contributed by atoms with Gasteiger partial charge in [0, 0.05) is 11.8 Å². The number of benzene rings is 2. The summed E-state index contributed by atoms with van der Waals surface area (Å²) in [4.78, 5) is 0. The van der Waals surface area contributed by atoms with Gasteiger partial charge in [0.1, 0.15) is 33.3 Å². The smallest absolute Gasteiger partial charge is 0.114 e. The molecule has 2 aliphatic carbocycles. The first kappa shape index (κ1) is 35.0. The van der Waals surface area contributed by atoms with Crippen LogP contribution in [0, 0.1) is 33.5 Å². The maximum absolute atomic E-state index is 12.8. The fourth-order valence-corrected chi connectivity index (χ4v) is 8.81.